The molecular formula is C23H24N5O3+. The van der Waals surface area contributed by atoms with Crippen molar-refractivity contribution < 1.29 is 18.9 Å². The first kappa shape index (κ1) is 19.3. The van der Waals surface area contributed by atoms with Gasteiger partial charge in [0.25, 0.3) is 5.91 Å². The number of amidine groups is 1. The first-order chi connectivity index (χ1) is 14.9. The molecule has 5 rings (SSSR count). The lowest BCUT2D eigenvalue weighted by Crippen LogP contribution is -2.61. The minimum Gasteiger partial charge on any atom is -0.489 e. The molecule has 1 atom stereocenters. The van der Waals surface area contributed by atoms with Gasteiger partial charge in [0.05, 0.1) is 6.54 Å². The molecule has 3 amide bonds. The Morgan fingerprint density at radius 3 is 2.61 bits per heavy atom. The van der Waals surface area contributed by atoms with Crippen molar-refractivity contribution in [2.75, 3.05) is 32.1 Å². The molecule has 0 N–H and O–H groups in total. The Morgan fingerprint density at radius 1 is 1.10 bits per heavy atom. The van der Waals surface area contributed by atoms with Gasteiger partial charge >= 0.3 is 12.0 Å². The number of carbonyl (C=O) groups is 2. The van der Waals surface area contributed by atoms with Gasteiger partial charge in [-0.25, -0.2) is 14.3 Å². The molecule has 2 aromatic rings. The van der Waals surface area contributed by atoms with E-state index in [0.29, 0.717) is 24.9 Å². The zero-order chi connectivity index (χ0) is 21.7. The van der Waals surface area contributed by atoms with Crippen LogP contribution in [0.5, 0.6) is 5.75 Å². The maximum Gasteiger partial charge on any atom is 0.397 e. The molecule has 0 bridgehead atoms. The fourth-order valence-electron chi connectivity index (χ4n) is 4.27. The maximum absolute atomic E-state index is 12.7. The molecule has 158 valence electrons. The van der Waals surface area contributed by atoms with E-state index in [1.54, 1.807) is 7.05 Å². The molecule has 0 spiro atoms. The third-order valence-corrected chi connectivity index (χ3v) is 5.95. The van der Waals surface area contributed by atoms with Crippen LogP contribution < -0.4 is 9.64 Å². The Kier molecular flexibility index (Phi) is 4.50. The van der Waals surface area contributed by atoms with E-state index in [0.717, 1.165) is 28.4 Å². The number of urea groups is 1. The lowest BCUT2D eigenvalue weighted by Gasteiger charge is -2.31. The summed E-state index contributed by atoms with van der Waals surface area (Å²) < 4.78 is 7.89. The van der Waals surface area contributed by atoms with Crippen LogP contribution in [0.1, 0.15) is 11.1 Å². The Labute approximate surface area is 180 Å². The number of carbonyl (C=O) groups excluding carboxylic acids is 2. The van der Waals surface area contributed by atoms with E-state index in [-0.39, 0.29) is 11.9 Å². The van der Waals surface area contributed by atoms with Gasteiger partial charge in [0.15, 0.2) is 0 Å². The number of imide groups is 1. The second-order valence-electron chi connectivity index (χ2n) is 8.03. The lowest BCUT2D eigenvalue weighted by molar-refractivity contribution is -0.525. The first-order valence-electron chi connectivity index (χ1n) is 10.3. The predicted molar refractivity (Wildman–Crippen MR) is 117 cm³/mol. The van der Waals surface area contributed by atoms with E-state index in [1.807, 2.05) is 34.9 Å². The van der Waals surface area contributed by atoms with Gasteiger partial charge in [0, 0.05) is 14.1 Å². The van der Waals surface area contributed by atoms with Gasteiger partial charge in [-0.05, 0) is 36.8 Å². The summed E-state index contributed by atoms with van der Waals surface area (Å²) in [5.74, 6) is 1.75. The number of hydrogen-bond donors (Lipinski definition) is 0. The van der Waals surface area contributed by atoms with E-state index in [2.05, 4.69) is 35.0 Å². The van der Waals surface area contributed by atoms with Crippen molar-refractivity contribution in [2.24, 2.45) is 4.99 Å². The summed E-state index contributed by atoms with van der Waals surface area (Å²) >= 11 is 0. The molecule has 0 aliphatic carbocycles. The molecule has 31 heavy (non-hydrogen) atoms. The maximum atomic E-state index is 12.7. The Bertz CT molecular complexity index is 1140. The van der Waals surface area contributed by atoms with Crippen LogP contribution in [-0.2, 0) is 11.4 Å². The molecule has 0 radical (unpaired) electrons. The van der Waals surface area contributed by atoms with Crippen molar-refractivity contribution in [3.63, 3.8) is 0 Å². The average Bonchev–Trinajstić information content (AvgIpc) is 3.35. The van der Waals surface area contributed by atoms with Crippen LogP contribution in [0.3, 0.4) is 0 Å². The third-order valence-electron chi connectivity index (χ3n) is 5.95. The standard InChI is InChI=1S/C23H24N5O3/c1-15-5-4-6-16(13-15)14-31-18-9-7-17(8-10-18)27-11-12-28-19-20(24-22(27)28)25(2)23(30)26(3)21(19)29/h4-10,13,19H,11-12,14H2,1-3H3/q+1. The minimum atomic E-state index is -0.537. The van der Waals surface area contributed by atoms with Crippen molar-refractivity contribution in [1.82, 2.24) is 9.80 Å². The summed E-state index contributed by atoms with van der Waals surface area (Å²) in [4.78, 5) is 34.3. The number of fused-ring (bicyclic) bond motifs is 2. The van der Waals surface area contributed by atoms with E-state index in [9.17, 15) is 9.59 Å². The quantitative estimate of drug-likeness (QED) is 0.713. The highest BCUT2D eigenvalue weighted by Crippen LogP contribution is 2.27. The van der Waals surface area contributed by atoms with Crippen LogP contribution in [-0.4, -0.2) is 71.3 Å². The zero-order valence-electron chi connectivity index (χ0n) is 17.8. The number of ether oxygens (including phenoxy) is 1. The summed E-state index contributed by atoms with van der Waals surface area (Å²) in [6.45, 7) is 3.97. The monoisotopic (exact) mass is 418 g/mol. The second-order valence-corrected chi connectivity index (χ2v) is 8.03. The number of likely N-dealkylation sites (N-methyl/N-ethyl adjacent to an activating group) is 2. The SMILES string of the molecule is Cc1cccc(COc2ccc(N3CC[N+]4=C3N=C3C4C(=O)N(C)C(=O)N3C)cc2)c1. The normalized spacial score (nSPS) is 20.3. The molecule has 3 heterocycles. The topological polar surface area (TPSA) is 68.5 Å². The average molecular weight is 418 g/mol. The second kappa shape index (κ2) is 7.23. The Morgan fingerprint density at radius 2 is 1.87 bits per heavy atom. The van der Waals surface area contributed by atoms with Crippen LogP contribution >= 0.6 is 0 Å². The zero-order valence-corrected chi connectivity index (χ0v) is 17.8. The van der Waals surface area contributed by atoms with E-state index in [1.165, 1.54) is 17.5 Å². The van der Waals surface area contributed by atoms with Gasteiger partial charge in [-0.2, -0.15) is 0 Å². The van der Waals surface area contributed by atoms with Crippen LogP contribution in [0.4, 0.5) is 10.5 Å². The van der Waals surface area contributed by atoms with E-state index in [4.69, 9.17) is 4.74 Å². The highest BCUT2D eigenvalue weighted by molar-refractivity contribution is 6.24. The molecule has 0 aromatic heterocycles. The van der Waals surface area contributed by atoms with Gasteiger partial charge < -0.3 is 4.74 Å². The van der Waals surface area contributed by atoms with E-state index >= 15 is 0 Å². The van der Waals surface area contributed by atoms with Crippen LogP contribution in [0.2, 0.25) is 0 Å². The largest absolute Gasteiger partial charge is 0.489 e. The highest BCUT2D eigenvalue weighted by atomic mass is 16.5. The van der Waals surface area contributed by atoms with Crippen LogP contribution in [0, 0.1) is 6.92 Å². The van der Waals surface area contributed by atoms with Crippen molar-refractivity contribution in [2.45, 2.75) is 19.6 Å². The molecule has 3 aliphatic rings. The van der Waals surface area contributed by atoms with Crippen molar-refractivity contribution in [1.29, 1.82) is 0 Å². The number of hydrogen-bond acceptors (Lipinski definition) is 5. The number of anilines is 1. The molecule has 3 aliphatic heterocycles. The number of aryl methyl sites for hydroxylation is 1. The van der Waals surface area contributed by atoms with Gasteiger partial charge in [0.2, 0.25) is 11.9 Å². The van der Waals surface area contributed by atoms with Gasteiger partial charge in [-0.3, -0.25) is 14.6 Å². The van der Waals surface area contributed by atoms with Gasteiger partial charge in [-0.1, -0.05) is 34.8 Å². The first-order valence-corrected chi connectivity index (χ1v) is 10.3. The molecule has 8 heteroatoms. The van der Waals surface area contributed by atoms with Crippen molar-refractivity contribution >= 4 is 29.4 Å². The van der Waals surface area contributed by atoms with Crippen molar-refractivity contribution in [3.8, 4) is 5.75 Å². The lowest BCUT2D eigenvalue weighted by atomic mass is 10.1. The van der Waals surface area contributed by atoms with Crippen LogP contribution in [0.25, 0.3) is 0 Å². The number of amides is 3. The Balaban J connectivity index is 1.34. The number of rotatable bonds is 4. The minimum absolute atomic E-state index is 0.237. The molecular weight excluding hydrogens is 394 g/mol. The third kappa shape index (κ3) is 3.15. The molecule has 1 fully saturated rings. The van der Waals surface area contributed by atoms with E-state index < -0.39 is 6.04 Å². The Hall–Kier alpha value is -3.68. The van der Waals surface area contributed by atoms with Gasteiger partial charge in [-0.15, -0.1) is 0 Å². The summed E-state index contributed by atoms with van der Waals surface area (Å²) in [6.07, 6.45) is 0. The summed E-state index contributed by atoms with van der Waals surface area (Å²) in [7, 11) is 3.17. The fraction of sp³-hybridized carbons (Fsp3) is 0.304. The van der Waals surface area contributed by atoms with Gasteiger partial charge in [0.1, 0.15) is 24.6 Å². The number of guanidine groups is 1. The summed E-state index contributed by atoms with van der Waals surface area (Å²) in [5, 5.41) is 0. The fourth-order valence-corrected chi connectivity index (χ4v) is 4.27. The smallest absolute Gasteiger partial charge is 0.397 e. The van der Waals surface area contributed by atoms with Crippen LogP contribution in [0.15, 0.2) is 53.5 Å². The summed E-state index contributed by atoms with van der Waals surface area (Å²) in [5.41, 5.74) is 3.31. The number of benzene rings is 2. The highest BCUT2D eigenvalue weighted by Gasteiger charge is 2.54. The molecule has 1 unspecified atom stereocenters. The van der Waals surface area contributed by atoms with Crippen molar-refractivity contribution in [3.05, 3.63) is 59.7 Å². The molecule has 1 saturated heterocycles. The molecule has 2 aromatic carbocycles. The number of nitrogens with zero attached hydrogens (tertiary/aromatic N) is 5. The molecule has 0 saturated carbocycles. The number of aliphatic imine (C=N–C) groups is 1. The predicted octanol–water partition coefficient (Wildman–Crippen LogP) is 2.07. The molecule has 8 nitrogen and oxygen atoms in total. The summed E-state index contributed by atoms with van der Waals surface area (Å²) in [6, 6.07) is 15.2.